The molecule has 5 aromatic rings. The molecular weight excluding hydrogens is 414 g/mol. The van der Waals surface area contributed by atoms with Gasteiger partial charge in [0.1, 0.15) is 0 Å². The van der Waals surface area contributed by atoms with Crippen molar-refractivity contribution in [2.45, 2.75) is 52.5 Å². The minimum absolute atomic E-state index is 1.02. The second kappa shape index (κ2) is 8.64. The SMILES string of the molecule is Cc1c(C)c2n(c1CCCc1ccc(Nc3c4ccccc4nc4ccccc34)cc1)CCC2. The largest absolute Gasteiger partial charge is 0.354 e. The van der Waals surface area contributed by atoms with Gasteiger partial charge in [-0.15, -0.1) is 0 Å². The van der Waals surface area contributed by atoms with Crippen molar-refractivity contribution in [1.29, 1.82) is 0 Å². The fraction of sp³-hybridized carbons (Fsp3) is 0.258. The molecule has 0 aliphatic carbocycles. The number of nitrogens with one attached hydrogen (secondary N) is 1. The highest BCUT2D eigenvalue weighted by Gasteiger charge is 2.20. The monoisotopic (exact) mass is 445 g/mol. The maximum absolute atomic E-state index is 4.84. The smallest absolute Gasteiger partial charge is 0.0730 e. The molecule has 0 unspecified atom stereocenters. The summed E-state index contributed by atoms with van der Waals surface area (Å²) in [6, 6.07) is 25.7. The van der Waals surface area contributed by atoms with Crippen molar-refractivity contribution < 1.29 is 0 Å². The quantitative estimate of drug-likeness (QED) is 0.272. The van der Waals surface area contributed by atoms with Crippen LogP contribution in [0.5, 0.6) is 0 Å². The molecule has 0 radical (unpaired) electrons. The fourth-order valence-electron chi connectivity index (χ4n) is 5.65. The van der Waals surface area contributed by atoms with Crippen LogP contribution in [-0.4, -0.2) is 9.55 Å². The molecule has 0 saturated carbocycles. The van der Waals surface area contributed by atoms with E-state index < -0.39 is 0 Å². The molecule has 6 rings (SSSR count). The van der Waals surface area contributed by atoms with E-state index in [9.17, 15) is 0 Å². The standard InChI is InChI=1S/C31H31N3/c1-21-22(2)30-15-8-20-34(30)29(21)14-7-9-23-16-18-24(19-17-23)32-31-25-10-3-5-12-27(25)33-28-13-6-4-11-26(28)31/h3-6,10-13,16-19H,7-9,14-15,20H2,1-2H3,(H,32,33). The van der Waals surface area contributed by atoms with Crippen LogP contribution in [0.3, 0.4) is 0 Å². The summed E-state index contributed by atoms with van der Waals surface area (Å²) in [6.07, 6.45) is 6.03. The molecule has 0 fully saturated rings. The predicted molar refractivity (Wildman–Crippen MR) is 143 cm³/mol. The molecule has 1 aliphatic heterocycles. The molecule has 3 heterocycles. The van der Waals surface area contributed by atoms with Crippen LogP contribution in [0, 0.1) is 13.8 Å². The second-order valence-corrected chi connectivity index (χ2v) is 9.60. The van der Waals surface area contributed by atoms with Gasteiger partial charge in [0.15, 0.2) is 0 Å². The van der Waals surface area contributed by atoms with Gasteiger partial charge < -0.3 is 9.88 Å². The lowest BCUT2D eigenvalue weighted by Gasteiger charge is -2.14. The zero-order valence-electron chi connectivity index (χ0n) is 20.1. The van der Waals surface area contributed by atoms with Gasteiger partial charge in [0, 0.05) is 34.4 Å². The molecule has 170 valence electrons. The molecule has 0 atom stereocenters. The molecule has 1 N–H and O–H groups in total. The summed E-state index contributed by atoms with van der Waals surface area (Å²) in [5.74, 6) is 0. The number of fused-ring (bicyclic) bond motifs is 3. The van der Waals surface area contributed by atoms with Crippen LogP contribution < -0.4 is 5.32 Å². The van der Waals surface area contributed by atoms with Crippen molar-refractivity contribution in [2.24, 2.45) is 0 Å². The Bertz CT molecular complexity index is 1440. The number of rotatable bonds is 6. The van der Waals surface area contributed by atoms with Gasteiger partial charge in [-0.05, 0) is 86.9 Å². The van der Waals surface area contributed by atoms with E-state index in [0.29, 0.717) is 0 Å². The molecular formula is C31H31N3. The lowest BCUT2D eigenvalue weighted by atomic mass is 10.0. The average molecular weight is 446 g/mol. The first kappa shape index (κ1) is 21.0. The van der Waals surface area contributed by atoms with E-state index in [4.69, 9.17) is 4.98 Å². The van der Waals surface area contributed by atoms with Gasteiger partial charge in [-0.3, -0.25) is 0 Å². The van der Waals surface area contributed by atoms with Crippen LogP contribution in [0.4, 0.5) is 11.4 Å². The first-order valence-corrected chi connectivity index (χ1v) is 12.5. The van der Waals surface area contributed by atoms with Gasteiger partial charge in [0.05, 0.1) is 16.7 Å². The molecule has 0 amide bonds. The normalized spacial score (nSPS) is 13.0. The third-order valence-corrected chi connectivity index (χ3v) is 7.57. The molecule has 1 aliphatic rings. The van der Waals surface area contributed by atoms with Gasteiger partial charge in [0.2, 0.25) is 0 Å². The van der Waals surface area contributed by atoms with Crippen molar-refractivity contribution in [3.63, 3.8) is 0 Å². The number of hydrogen-bond acceptors (Lipinski definition) is 2. The average Bonchev–Trinajstić information content (AvgIpc) is 3.43. The van der Waals surface area contributed by atoms with E-state index in [1.807, 2.05) is 12.1 Å². The van der Waals surface area contributed by atoms with Gasteiger partial charge >= 0.3 is 0 Å². The Hall–Kier alpha value is -3.59. The van der Waals surface area contributed by atoms with Crippen molar-refractivity contribution >= 4 is 33.2 Å². The summed E-state index contributed by atoms with van der Waals surface area (Å²) in [7, 11) is 0. The molecule has 34 heavy (non-hydrogen) atoms. The zero-order valence-corrected chi connectivity index (χ0v) is 20.1. The van der Waals surface area contributed by atoms with Crippen molar-refractivity contribution in [3.8, 4) is 0 Å². The highest BCUT2D eigenvalue weighted by molar-refractivity contribution is 6.08. The van der Waals surface area contributed by atoms with E-state index in [0.717, 1.165) is 39.6 Å². The van der Waals surface area contributed by atoms with Crippen LogP contribution in [0.2, 0.25) is 0 Å². The summed E-state index contributed by atoms with van der Waals surface area (Å²) < 4.78 is 2.60. The predicted octanol–water partition coefficient (Wildman–Crippen LogP) is 7.67. The topological polar surface area (TPSA) is 29.9 Å². The minimum atomic E-state index is 1.02. The first-order valence-electron chi connectivity index (χ1n) is 12.5. The van der Waals surface area contributed by atoms with Crippen LogP contribution in [-0.2, 0) is 25.8 Å². The van der Waals surface area contributed by atoms with Crippen LogP contribution >= 0.6 is 0 Å². The number of aromatic nitrogens is 2. The number of nitrogens with zero attached hydrogens (tertiary/aromatic N) is 2. The molecule has 2 aromatic heterocycles. The molecule has 0 saturated heterocycles. The molecule has 3 heteroatoms. The van der Waals surface area contributed by atoms with Gasteiger partial charge in [-0.2, -0.15) is 0 Å². The number of pyridine rings is 1. The fourth-order valence-corrected chi connectivity index (χ4v) is 5.65. The van der Waals surface area contributed by atoms with Crippen LogP contribution in [0.15, 0.2) is 72.8 Å². The summed E-state index contributed by atoms with van der Waals surface area (Å²) >= 11 is 0. The van der Waals surface area contributed by atoms with E-state index in [1.54, 1.807) is 11.4 Å². The maximum Gasteiger partial charge on any atom is 0.0730 e. The third-order valence-electron chi connectivity index (χ3n) is 7.57. The Morgan fingerprint density at radius 2 is 1.47 bits per heavy atom. The Labute approximate surface area is 201 Å². The van der Waals surface area contributed by atoms with Crippen LogP contribution in [0.25, 0.3) is 21.8 Å². The van der Waals surface area contributed by atoms with Gasteiger partial charge in [-0.1, -0.05) is 48.5 Å². The molecule has 0 bridgehead atoms. The van der Waals surface area contributed by atoms with Crippen molar-refractivity contribution in [2.75, 3.05) is 5.32 Å². The van der Waals surface area contributed by atoms with E-state index in [1.165, 1.54) is 48.9 Å². The minimum Gasteiger partial charge on any atom is -0.354 e. The number of aryl methyl sites for hydroxylation is 1. The molecule has 3 aromatic carbocycles. The Morgan fingerprint density at radius 3 is 2.18 bits per heavy atom. The second-order valence-electron chi connectivity index (χ2n) is 9.60. The maximum atomic E-state index is 4.84. The third kappa shape index (κ3) is 3.66. The molecule has 3 nitrogen and oxygen atoms in total. The highest BCUT2D eigenvalue weighted by atomic mass is 15.0. The number of anilines is 2. The lowest BCUT2D eigenvalue weighted by molar-refractivity contribution is 0.678. The summed E-state index contributed by atoms with van der Waals surface area (Å²) in [4.78, 5) is 4.84. The Balaban J connectivity index is 1.19. The zero-order chi connectivity index (χ0) is 23.1. The van der Waals surface area contributed by atoms with Crippen molar-refractivity contribution in [3.05, 3.63) is 101 Å². The number of hydrogen-bond donors (Lipinski definition) is 1. The number of benzene rings is 3. The van der Waals surface area contributed by atoms with Crippen molar-refractivity contribution in [1.82, 2.24) is 9.55 Å². The van der Waals surface area contributed by atoms with E-state index >= 15 is 0 Å². The van der Waals surface area contributed by atoms with E-state index in [2.05, 4.69) is 84.4 Å². The van der Waals surface area contributed by atoms with Crippen LogP contribution in [0.1, 0.15) is 40.9 Å². The van der Waals surface area contributed by atoms with Gasteiger partial charge in [0.25, 0.3) is 0 Å². The van der Waals surface area contributed by atoms with Gasteiger partial charge in [-0.25, -0.2) is 4.98 Å². The van der Waals surface area contributed by atoms with E-state index in [-0.39, 0.29) is 0 Å². The highest BCUT2D eigenvalue weighted by Crippen LogP contribution is 2.33. The Kier molecular flexibility index (Phi) is 5.33. The Morgan fingerprint density at radius 1 is 0.794 bits per heavy atom. The molecule has 0 spiro atoms. The summed E-state index contributed by atoms with van der Waals surface area (Å²) in [5.41, 5.74) is 11.9. The lowest BCUT2D eigenvalue weighted by Crippen LogP contribution is -2.02. The first-order chi connectivity index (χ1) is 16.7. The summed E-state index contributed by atoms with van der Waals surface area (Å²) in [6.45, 7) is 5.82. The summed E-state index contributed by atoms with van der Waals surface area (Å²) in [5, 5.41) is 5.99. The number of para-hydroxylation sites is 2.